The molecule has 1 unspecified atom stereocenters. The number of hydrogen-bond donors (Lipinski definition) is 1. The van der Waals surface area contributed by atoms with Crippen molar-refractivity contribution in [1.29, 1.82) is 0 Å². The van der Waals surface area contributed by atoms with Crippen molar-refractivity contribution in [2.75, 3.05) is 18.1 Å². The third-order valence-corrected chi connectivity index (χ3v) is 5.78. The van der Waals surface area contributed by atoms with Gasteiger partial charge in [-0.1, -0.05) is 36.4 Å². The van der Waals surface area contributed by atoms with Crippen LogP contribution in [0.2, 0.25) is 0 Å². The van der Waals surface area contributed by atoms with Gasteiger partial charge in [0.25, 0.3) is 5.91 Å². The van der Waals surface area contributed by atoms with E-state index in [1.165, 1.54) is 4.90 Å². The first-order valence-corrected chi connectivity index (χ1v) is 9.42. The van der Waals surface area contributed by atoms with Gasteiger partial charge in [0, 0.05) is 18.2 Å². The molecule has 1 amide bonds. The highest BCUT2D eigenvalue weighted by atomic mass is 32.2. The van der Waals surface area contributed by atoms with Gasteiger partial charge in [0.05, 0.1) is 11.5 Å². The first-order valence-electron chi connectivity index (χ1n) is 7.60. The Morgan fingerprint density at radius 2 is 2.08 bits per heavy atom. The minimum atomic E-state index is -3.10. The zero-order valence-electron chi connectivity index (χ0n) is 13.1. The van der Waals surface area contributed by atoms with Crippen LogP contribution in [0, 0.1) is 0 Å². The zero-order valence-corrected chi connectivity index (χ0v) is 13.9. The predicted molar refractivity (Wildman–Crippen MR) is 90.1 cm³/mol. The number of rotatable bonds is 5. The Bertz CT molecular complexity index is 845. The molecule has 1 atom stereocenters. The second-order valence-electron chi connectivity index (χ2n) is 5.69. The maximum atomic E-state index is 12.9. The molecule has 126 valence electrons. The summed E-state index contributed by atoms with van der Waals surface area (Å²) in [7, 11) is -3.10. The van der Waals surface area contributed by atoms with Gasteiger partial charge < -0.3 is 4.90 Å². The average Bonchev–Trinajstić information content (AvgIpc) is 3.19. The molecule has 1 aromatic heterocycles. The first kappa shape index (κ1) is 16.4. The van der Waals surface area contributed by atoms with Crippen molar-refractivity contribution in [3.05, 3.63) is 48.7 Å². The van der Waals surface area contributed by atoms with Crippen LogP contribution in [0.25, 0.3) is 11.3 Å². The summed E-state index contributed by atoms with van der Waals surface area (Å²) >= 11 is 0. The molecule has 0 saturated carbocycles. The zero-order chi connectivity index (χ0) is 17.2. The number of H-pyrrole nitrogens is 1. The molecule has 1 N–H and O–H groups in total. The normalized spacial score (nSPS) is 19.1. The number of carbonyl (C=O) groups excluding carboxylic acids is 1. The van der Waals surface area contributed by atoms with E-state index in [4.69, 9.17) is 0 Å². The third-order valence-electron chi connectivity index (χ3n) is 4.03. The van der Waals surface area contributed by atoms with Crippen LogP contribution in [0.4, 0.5) is 0 Å². The fourth-order valence-corrected chi connectivity index (χ4v) is 4.60. The van der Waals surface area contributed by atoms with Crippen LogP contribution in [0.1, 0.15) is 16.9 Å². The highest BCUT2D eigenvalue weighted by Gasteiger charge is 2.36. The van der Waals surface area contributed by atoms with E-state index < -0.39 is 9.84 Å². The molecule has 8 heteroatoms. The molecule has 0 spiro atoms. The highest BCUT2D eigenvalue weighted by molar-refractivity contribution is 7.91. The van der Waals surface area contributed by atoms with Crippen LogP contribution >= 0.6 is 0 Å². The summed E-state index contributed by atoms with van der Waals surface area (Å²) in [6.07, 6.45) is 2.02. The number of aromatic nitrogens is 3. The van der Waals surface area contributed by atoms with Crippen LogP contribution in [0.15, 0.2) is 43.0 Å². The SMILES string of the molecule is C=CCN(C(=O)c1n[nH]nc1-c1ccccc1)C1CCS(=O)(=O)C1. The molecule has 24 heavy (non-hydrogen) atoms. The van der Waals surface area contributed by atoms with Gasteiger partial charge in [0.15, 0.2) is 15.5 Å². The minimum Gasteiger partial charge on any atom is -0.329 e. The molecular formula is C16H18N4O3S. The van der Waals surface area contributed by atoms with Gasteiger partial charge in [-0.15, -0.1) is 6.58 Å². The quantitative estimate of drug-likeness (QED) is 0.823. The van der Waals surface area contributed by atoms with Crippen LogP contribution in [-0.2, 0) is 9.84 Å². The van der Waals surface area contributed by atoms with Gasteiger partial charge in [-0.25, -0.2) is 8.42 Å². The summed E-state index contributed by atoms with van der Waals surface area (Å²) < 4.78 is 23.5. The molecule has 0 bridgehead atoms. The van der Waals surface area contributed by atoms with Crippen LogP contribution < -0.4 is 0 Å². The lowest BCUT2D eigenvalue weighted by atomic mass is 10.1. The Morgan fingerprint density at radius 3 is 2.71 bits per heavy atom. The Balaban J connectivity index is 1.92. The molecule has 2 aromatic rings. The highest BCUT2D eigenvalue weighted by Crippen LogP contribution is 2.24. The Morgan fingerprint density at radius 1 is 1.33 bits per heavy atom. The summed E-state index contributed by atoms with van der Waals surface area (Å²) in [5, 5.41) is 10.6. The number of benzene rings is 1. The fraction of sp³-hybridized carbons (Fsp3) is 0.312. The minimum absolute atomic E-state index is 0.0227. The van der Waals surface area contributed by atoms with E-state index in [1.54, 1.807) is 6.08 Å². The van der Waals surface area contributed by atoms with Gasteiger partial charge >= 0.3 is 0 Å². The van der Waals surface area contributed by atoms with Gasteiger partial charge in [-0.05, 0) is 6.42 Å². The molecule has 1 aromatic carbocycles. The topological polar surface area (TPSA) is 96.0 Å². The molecule has 0 aliphatic carbocycles. The van der Waals surface area contributed by atoms with Gasteiger partial charge in [-0.3, -0.25) is 4.79 Å². The molecule has 3 rings (SSSR count). The number of carbonyl (C=O) groups is 1. The number of sulfone groups is 1. The number of nitrogens with zero attached hydrogens (tertiary/aromatic N) is 3. The molecule has 1 fully saturated rings. The Kier molecular flexibility index (Phi) is 4.48. The summed E-state index contributed by atoms with van der Waals surface area (Å²) in [4.78, 5) is 14.5. The molecule has 1 aliphatic heterocycles. The van der Waals surface area contributed by atoms with Crippen molar-refractivity contribution < 1.29 is 13.2 Å². The van der Waals surface area contributed by atoms with E-state index >= 15 is 0 Å². The van der Waals surface area contributed by atoms with E-state index in [2.05, 4.69) is 22.0 Å². The fourth-order valence-electron chi connectivity index (χ4n) is 2.87. The number of hydrogen-bond acceptors (Lipinski definition) is 5. The first-order chi connectivity index (χ1) is 11.5. The number of aromatic amines is 1. The molecule has 1 aliphatic rings. The largest absolute Gasteiger partial charge is 0.329 e. The predicted octanol–water partition coefficient (Wildman–Crippen LogP) is 1.29. The lowest BCUT2D eigenvalue weighted by molar-refractivity contribution is 0.0715. The van der Waals surface area contributed by atoms with E-state index in [9.17, 15) is 13.2 Å². The lowest BCUT2D eigenvalue weighted by Gasteiger charge is -2.26. The number of nitrogens with one attached hydrogen (secondary N) is 1. The summed E-state index contributed by atoms with van der Waals surface area (Å²) in [5.74, 6) is -0.266. The summed E-state index contributed by atoms with van der Waals surface area (Å²) in [5.41, 5.74) is 1.41. The second-order valence-corrected chi connectivity index (χ2v) is 7.92. The maximum absolute atomic E-state index is 12.9. The van der Waals surface area contributed by atoms with Crippen LogP contribution in [0.5, 0.6) is 0 Å². The van der Waals surface area contributed by atoms with Crippen molar-refractivity contribution >= 4 is 15.7 Å². The Labute approximate surface area is 140 Å². The van der Waals surface area contributed by atoms with Gasteiger partial charge in [0.1, 0.15) is 5.69 Å². The van der Waals surface area contributed by atoms with Gasteiger partial charge in [-0.2, -0.15) is 15.4 Å². The van der Waals surface area contributed by atoms with Crippen molar-refractivity contribution in [3.63, 3.8) is 0 Å². The van der Waals surface area contributed by atoms with Gasteiger partial charge in [0.2, 0.25) is 0 Å². The second kappa shape index (κ2) is 6.56. The smallest absolute Gasteiger partial charge is 0.277 e. The van der Waals surface area contributed by atoms with E-state index in [0.717, 1.165) is 5.56 Å². The monoisotopic (exact) mass is 346 g/mol. The number of amides is 1. The van der Waals surface area contributed by atoms with E-state index in [0.29, 0.717) is 12.1 Å². The molecular weight excluding hydrogens is 328 g/mol. The van der Waals surface area contributed by atoms with Crippen LogP contribution in [0.3, 0.4) is 0 Å². The molecule has 7 nitrogen and oxygen atoms in total. The van der Waals surface area contributed by atoms with E-state index in [1.807, 2.05) is 30.3 Å². The lowest BCUT2D eigenvalue weighted by Crippen LogP contribution is -2.41. The van der Waals surface area contributed by atoms with Crippen LogP contribution in [-0.4, -0.2) is 58.7 Å². The Hall–Kier alpha value is -2.48. The third kappa shape index (κ3) is 3.23. The maximum Gasteiger partial charge on any atom is 0.277 e. The van der Waals surface area contributed by atoms with E-state index in [-0.39, 0.29) is 35.7 Å². The van der Waals surface area contributed by atoms with Crippen molar-refractivity contribution in [1.82, 2.24) is 20.3 Å². The van der Waals surface area contributed by atoms with Crippen molar-refractivity contribution in [3.8, 4) is 11.3 Å². The molecule has 2 heterocycles. The average molecular weight is 346 g/mol. The molecule has 0 radical (unpaired) electrons. The molecule has 1 saturated heterocycles. The van der Waals surface area contributed by atoms with Crippen molar-refractivity contribution in [2.24, 2.45) is 0 Å². The summed E-state index contributed by atoms with van der Waals surface area (Å²) in [6, 6.07) is 8.89. The van der Waals surface area contributed by atoms with Crippen molar-refractivity contribution in [2.45, 2.75) is 12.5 Å². The standard InChI is InChI=1S/C16H18N4O3S/c1-2-9-20(13-8-10-24(22,23)11-13)16(21)15-14(17-19-18-15)12-6-4-3-5-7-12/h2-7,13H,1,8-11H2,(H,17,18,19). The summed E-state index contributed by atoms with van der Waals surface area (Å²) in [6.45, 7) is 3.93.